The van der Waals surface area contributed by atoms with Crippen molar-refractivity contribution >= 4 is 23.5 Å². The number of aromatic nitrogens is 2. The number of ether oxygens (including phenoxy) is 1. The summed E-state index contributed by atoms with van der Waals surface area (Å²) in [6, 6.07) is 6.77. The van der Waals surface area contributed by atoms with Crippen molar-refractivity contribution in [2.75, 3.05) is 6.54 Å². The molecular weight excluding hydrogens is 330 g/mol. The van der Waals surface area contributed by atoms with E-state index in [1.54, 1.807) is 35.9 Å². The Morgan fingerprint density at radius 3 is 2.42 bits per heavy atom. The third-order valence-electron chi connectivity index (χ3n) is 3.55. The van der Waals surface area contributed by atoms with Crippen LogP contribution in [0.1, 0.15) is 35.6 Å². The largest absolute Gasteiger partial charge is 0.449 e. The van der Waals surface area contributed by atoms with Gasteiger partial charge < -0.3 is 10.1 Å². The maximum absolute atomic E-state index is 12.1. The standard InChI is InChI=1S/C17H20ClN3O3/c1-5-19-16(22)12(4)24-17(23)13-6-8-14(9-7-13)21-11(3)15(18)10(2)20-21/h6-9,12H,5H2,1-4H3,(H,19,22)/t12-/m1/s1. The third-order valence-corrected chi connectivity index (χ3v) is 4.10. The molecule has 2 rings (SSSR count). The molecule has 0 saturated heterocycles. The highest BCUT2D eigenvalue weighted by Gasteiger charge is 2.18. The monoisotopic (exact) mass is 349 g/mol. The lowest BCUT2D eigenvalue weighted by Crippen LogP contribution is -2.35. The molecule has 1 atom stereocenters. The smallest absolute Gasteiger partial charge is 0.338 e. The van der Waals surface area contributed by atoms with Gasteiger partial charge in [0.05, 0.1) is 27.7 Å². The van der Waals surface area contributed by atoms with Gasteiger partial charge in [0.25, 0.3) is 5.91 Å². The van der Waals surface area contributed by atoms with Crippen LogP contribution >= 0.6 is 11.6 Å². The first kappa shape index (κ1) is 18.0. The van der Waals surface area contributed by atoms with Crippen molar-refractivity contribution in [1.82, 2.24) is 15.1 Å². The number of hydrogen-bond acceptors (Lipinski definition) is 4. The zero-order valence-corrected chi connectivity index (χ0v) is 14.8. The molecule has 0 radical (unpaired) electrons. The number of aryl methyl sites for hydroxylation is 1. The van der Waals surface area contributed by atoms with Gasteiger partial charge in [-0.3, -0.25) is 4.79 Å². The second-order valence-electron chi connectivity index (χ2n) is 5.39. The lowest BCUT2D eigenvalue weighted by molar-refractivity contribution is -0.128. The fraction of sp³-hybridized carbons (Fsp3) is 0.353. The SMILES string of the molecule is CCNC(=O)[C@@H](C)OC(=O)c1ccc(-n2nc(C)c(Cl)c2C)cc1. The van der Waals surface area contributed by atoms with E-state index in [2.05, 4.69) is 10.4 Å². The van der Waals surface area contributed by atoms with Gasteiger partial charge in [-0.05, 0) is 52.0 Å². The van der Waals surface area contributed by atoms with Crippen LogP contribution in [-0.4, -0.2) is 34.3 Å². The second-order valence-corrected chi connectivity index (χ2v) is 5.76. The number of likely N-dealkylation sites (N-methyl/N-ethyl adjacent to an activating group) is 1. The Balaban J connectivity index is 2.13. The molecule has 7 heteroatoms. The summed E-state index contributed by atoms with van der Waals surface area (Å²) in [5.41, 5.74) is 2.72. The third kappa shape index (κ3) is 3.76. The number of amides is 1. The van der Waals surface area contributed by atoms with Crippen LogP contribution < -0.4 is 5.32 Å². The quantitative estimate of drug-likeness (QED) is 0.842. The lowest BCUT2D eigenvalue weighted by atomic mass is 10.2. The minimum Gasteiger partial charge on any atom is -0.449 e. The van der Waals surface area contributed by atoms with Crippen LogP contribution in [-0.2, 0) is 9.53 Å². The molecule has 0 saturated carbocycles. The minimum atomic E-state index is -0.841. The molecule has 0 unspecified atom stereocenters. The molecule has 6 nitrogen and oxygen atoms in total. The van der Waals surface area contributed by atoms with Gasteiger partial charge in [0.15, 0.2) is 6.10 Å². The molecule has 0 spiro atoms. The van der Waals surface area contributed by atoms with E-state index in [0.29, 0.717) is 17.1 Å². The molecular formula is C17H20ClN3O3. The van der Waals surface area contributed by atoms with Crippen molar-refractivity contribution in [2.45, 2.75) is 33.8 Å². The molecule has 1 N–H and O–H groups in total. The number of carbonyl (C=O) groups is 2. The van der Waals surface area contributed by atoms with E-state index in [0.717, 1.165) is 17.1 Å². The van der Waals surface area contributed by atoms with E-state index in [1.807, 2.05) is 13.8 Å². The molecule has 0 bridgehead atoms. The zero-order valence-electron chi connectivity index (χ0n) is 14.1. The summed E-state index contributed by atoms with van der Waals surface area (Å²) < 4.78 is 6.86. The maximum Gasteiger partial charge on any atom is 0.338 e. The highest BCUT2D eigenvalue weighted by molar-refractivity contribution is 6.31. The number of halogens is 1. The molecule has 0 aliphatic heterocycles. The van der Waals surface area contributed by atoms with Crippen molar-refractivity contribution in [1.29, 1.82) is 0 Å². The molecule has 1 aromatic heterocycles. The first-order chi connectivity index (χ1) is 11.3. The Hall–Kier alpha value is -2.34. The Labute approximate surface area is 145 Å². The van der Waals surface area contributed by atoms with Crippen LogP contribution in [0.15, 0.2) is 24.3 Å². The first-order valence-corrected chi connectivity index (χ1v) is 8.03. The van der Waals surface area contributed by atoms with Gasteiger partial charge in [0.1, 0.15) is 0 Å². The average molecular weight is 350 g/mol. The number of carbonyl (C=O) groups excluding carboxylic acids is 2. The minimum absolute atomic E-state index is 0.320. The summed E-state index contributed by atoms with van der Waals surface area (Å²) in [4.78, 5) is 23.7. The topological polar surface area (TPSA) is 73.2 Å². The highest BCUT2D eigenvalue weighted by atomic mass is 35.5. The van der Waals surface area contributed by atoms with Gasteiger partial charge in [0.2, 0.25) is 0 Å². The van der Waals surface area contributed by atoms with E-state index in [9.17, 15) is 9.59 Å². The van der Waals surface area contributed by atoms with Crippen LogP contribution in [0.5, 0.6) is 0 Å². The molecule has 1 aromatic carbocycles. The van der Waals surface area contributed by atoms with E-state index < -0.39 is 12.1 Å². The van der Waals surface area contributed by atoms with Crippen LogP contribution in [0, 0.1) is 13.8 Å². The van der Waals surface area contributed by atoms with Gasteiger partial charge in [0, 0.05) is 6.54 Å². The number of hydrogen-bond donors (Lipinski definition) is 1. The average Bonchev–Trinajstić information content (AvgIpc) is 2.82. The van der Waals surface area contributed by atoms with Gasteiger partial charge in [-0.25, -0.2) is 9.48 Å². The summed E-state index contributed by atoms with van der Waals surface area (Å²) >= 11 is 6.15. The summed E-state index contributed by atoms with van der Waals surface area (Å²) in [6.07, 6.45) is -0.841. The summed E-state index contributed by atoms with van der Waals surface area (Å²) in [6.45, 7) is 7.53. The van der Waals surface area contributed by atoms with Crippen molar-refractivity contribution in [3.05, 3.63) is 46.2 Å². The molecule has 24 heavy (non-hydrogen) atoms. The van der Waals surface area contributed by atoms with Crippen LogP contribution in [0.25, 0.3) is 5.69 Å². The number of nitrogens with zero attached hydrogens (tertiary/aromatic N) is 2. The zero-order chi connectivity index (χ0) is 17.9. The van der Waals surface area contributed by atoms with Crippen LogP contribution in [0.2, 0.25) is 5.02 Å². The molecule has 0 fully saturated rings. The number of rotatable bonds is 5. The fourth-order valence-corrected chi connectivity index (χ4v) is 2.33. The molecule has 1 amide bonds. The van der Waals surface area contributed by atoms with Gasteiger partial charge in [-0.15, -0.1) is 0 Å². The Morgan fingerprint density at radius 2 is 1.92 bits per heavy atom. The number of benzene rings is 1. The summed E-state index contributed by atoms with van der Waals surface area (Å²) in [5.74, 6) is -0.869. The Kier molecular flexibility index (Phi) is 5.62. The predicted octanol–water partition coefficient (Wildman–Crippen LogP) is 2.82. The van der Waals surface area contributed by atoms with Crippen molar-refractivity contribution in [3.8, 4) is 5.69 Å². The van der Waals surface area contributed by atoms with Crippen molar-refractivity contribution < 1.29 is 14.3 Å². The molecule has 0 aliphatic rings. The first-order valence-electron chi connectivity index (χ1n) is 7.66. The molecule has 128 valence electrons. The predicted molar refractivity (Wildman–Crippen MR) is 91.6 cm³/mol. The van der Waals surface area contributed by atoms with Crippen molar-refractivity contribution in [3.63, 3.8) is 0 Å². The lowest BCUT2D eigenvalue weighted by Gasteiger charge is -2.13. The highest BCUT2D eigenvalue weighted by Crippen LogP contribution is 2.22. The van der Waals surface area contributed by atoms with E-state index in [-0.39, 0.29) is 5.91 Å². The maximum atomic E-state index is 12.1. The molecule has 0 aliphatic carbocycles. The van der Waals surface area contributed by atoms with E-state index >= 15 is 0 Å². The van der Waals surface area contributed by atoms with Gasteiger partial charge in [-0.1, -0.05) is 11.6 Å². The normalized spacial score (nSPS) is 11.9. The van der Waals surface area contributed by atoms with Crippen molar-refractivity contribution in [2.24, 2.45) is 0 Å². The van der Waals surface area contributed by atoms with E-state index in [4.69, 9.17) is 16.3 Å². The van der Waals surface area contributed by atoms with E-state index in [1.165, 1.54) is 6.92 Å². The number of esters is 1. The second kappa shape index (κ2) is 7.49. The fourth-order valence-electron chi connectivity index (χ4n) is 2.21. The molecule has 1 heterocycles. The van der Waals surface area contributed by atoms with Gasteiger partial charge in [-0.2, -0.15) is 5.10 Å². The summed E-state index contributed by atoms with van der Waals surface area (Å²) in [7, 11) is 0. The summed E-state index contributed by atoms with van der Waals surface area (Å²) in [5, 5.41) is 7.59. The van der Waals surface area contributed by atoms with Crippen LogP contribution in [0.3, 0.4) is 0 Å². The Bertz CT molecular complexity index is 753. The molecule has 2 aromatic rings. The number of nitrogens with one attached hydrogen (secondary N) is 1. The van der Waals surface area contributed by atoms with Gasteiger partial charge >= 0.3 is 5.97 Å². The Morgan fingerprint density at radius 1 is 1.29 bits per heavy atom. The van der Waals surface area contributed by atoms with Crippen LogP contribution in [0.4, 0.5) is 0 Å².